The summed E-state index contributed by atoms with van der Waals surface area (Å²) in [7, 11) is -2.48. The Labute approximate surface area is 135 Å². The van der Waals surface area contributed by atoms with Crippen molar-refractivity contribution in [3.05, 3.63) is 14.7 Å². The van der Waals surface area contributed by atoms with Crippen molar-refractivity contribution in [3.8, 4) is 0 Å². The molecule has 0 radical (unpaired) electrons. The Bertz CT molecular complexity index is 585. The maximum atomic E-state index is 12.1. The van der Waals surface area contributed by atoms with Crippen molar-refractivity contribution in [1.29, 1.82) is 0 Å². The Balaban J connectivity index is 2.66. The second-order valence-electron chi connectivity index (χ2n) is 4.19. The molecule has 7 nitrogen and oxygen atoms in total. The van der Waals surface area contributed by atoms with E-state index < -0.39 is 22.1 Å². The molecular weight excluding hydrogens is 384 g/mol. The zero-order valence-electron chi connectivity index (χ0n) is 11.6. The van der Waals surface area contributed by atoms with Gasteiger partial charge in [-0.3, -0.25) is 0 Å². The van der Waals surface area contributed by atoms with Gasteiger partial charge in [-0.25, -0.2) is 17.9 Å². The number of methoxy groups -OCH3 is 1. The van der Waals surface area contributed by atoms with Crippen LogP contribution in [0.5, 0.6) is 0 Å². The van der Waals surface area contributed by atoms with Crippen molar-refractivity contribution >= 4 is 43.3 Å². The van der Waals surface area contributed by atoms with Crippen LogP contribution in [0.1, 0.15) is 16.6 Å². The molecule has 0 saturated carbocycles. The monoisotopic (exact) mass is 400 g/mol. The summed E-state index contributed by atoms with van der Waals surface area (Å²) in [6, 6.07) is 1.27. The van der Waals surface area contributed by atoms with Gasteiger partial charge in [0, 0.05) is 19.6 Å². The fourth-order valence-electron chi connectivity index (χ4n) is 1.40. The Morgan fingerprint density at radius 2 is 2.19 bits per heavy atom. The minimum atomic E-state index is -3.71. The fraction of sp³-hybridized carbons (Fsp3) is 0.545. The molecule has 0 bridgehead atoms. The largest absolute Gasteiger partial charge is 0.465 e. The summed E-state index contributed by atoms with van der Waals surface area (Å²) >= 11 is 4.13. The first-order valence-corrected chi connectivity index (χ1v) is 9.13. The number of hydrogen-bond donors (Lipinski definition) is 3. The van der Waals surface area contributed by atoms with Crippen LogP contribution in [0.15, 0.2) is 14.7 Å². The number of ether oxygens (including phenoxy) is 1. The molecule has 120 valence electrons. The van der Waals surface area contributed by atoms with Crippen LogP contribution in [0, 0.1) is 0 Å². The lowest BCUT2D eigenvalue weighted by Gasteiger charge is -2.08. The molecule has 0 fully saturated rings. The van der Waals surface area contributed by atoms with Gasteiger partial charge in [0.1, 0.15) is 9.77 Å². The van der Waals surface area contributed by atoms with Gasteiger partial charge in [0.05, 0.1) is 17.0 Å². The molecule has 1 unspecified atom stereocenters. The maximum Gasteiger partial charge on any atom is 0.348 e. The van der Waals surface area contributed by atoms with Crippen LogP contribution in [0.2, 0.25) is 0 Å². The summed E-state index contributed by atoms with van der Waals surface area (Å²) in [6.07, 6.45) is -0.491. The number of thiophene rings is 1. The minimum absolute atomic E-state index is 0.00317. The van der Waals surface area contributed by atoms with E-state index in [4.69, 9.17) is 5.11 Å². The number of aliphatic hydroxyl groups excluding tert-OH is 1. The maximum absolute atomic E-state index is 12.1. The topological polar surface area (TPSA) is 105 Å². The van der Waals surface area contributed by atoms with E-state index in [9.17, 15) is 13.2 Å². The third kappa shape index (κ3) is 5.64. The Kier molecular flexibility index (Phi) is 7.24. The summed E-state index contributed by atoms with van der Waals surface area (Å²) in [5, 5.41) is 12.0. The lowest BCUT2D eigenvalue weighted by molar-refractivity contribution is 0.0606. The number of halogens is 1. The number of carbonyl (C=O) groups is 1. The smallest absolute Gasteiger partial charge is 0.348 e. The van der Waals surface area contributed by atoms with E-state index in [0.29, 0.717) is 16.9 Å². The number of aliphatic hydroxyl groups is 1. The van der Waals surface area contributed by atoms with Crippen LogP contribution in [-0.2, 0) is 14.8 Å². The van der Waals surface area contributed by atoms with E-state index in [0.717, 1.165) is 11.3 Å². The molecule has 21 heavy (non-hydrogen) atoms. The SMILES string of the molecule is COC(=O)c1cc(S(=O)(=O)NCCNCC(C)O)c(Br)s1. The van der Waals surface area contributed by atoms with Gasteiger partial charge in [0.15, 0.2) is 0 Å². The number of nitrogens with one attached hydrogen (secondary N) is 2. The van der Waals surface area contributed by atoms with E-state index in [1.54, 1.807) is 6.92 Å². The molecule has 3 N–H and O–H groups in total. The van der Waals surface area contributed by atoms with E-state index in [1.807, 2.05) is 0 Å². The van der Waals surface area contributed by atoms with Gasteiger partial charge in [-0.1, -0.05) is 0 Å². The molecule has 0 aliphatic carbocycles. The van der Waals surface area contributed by atoms with Gasteiger partial charge in [-0.2, -0.15) is 0 Å². The molecule has 0 spiro atoms. The second kappa shape index (κ2) is 8.20. The highest BCUT2D eigenvalue weighted by Gasteiger charge is 2.23. The summed E-state index contributed by atoms with van der Waals surface area (Å²) in [5.74, 6) is -0.583. The molecule has 1 heterocycles. The first kappa shape index (κ1) is 18.5. The summed E-state index contributed by atoms with van der Waals surface area (Å²) in [4.78, 5) is 11.6. The molecule has 1 aromatic rings. The molecule has 0 aliphatic rings. The lowest BCUT2D eigenvalue weighted by Crippen LogP contribution is -2.34. The van der Waals surface area contributed by atoms with Gasteiger partial charge >= 0.3 is 5.97 Å². The fourth-order valence-corrected chi connectivity index (χ4v) is 4.91. The number of hydrogen-bond acceptors (Lipinski definition) is 7. The minimum Gasteiger partial charge on any atom is -0.465 e. The van der Waals surface area contributed by atoms with Crippen LogP contribution in [0.25, 0.3) is 0 Å². The normalized spacial score (nSPS) is 13.1. The van der Waals surface area contributed by atoms with Gasteiger partial charge in [-0.05, 0) is 28.9 Å². The molecule has 1 atom stereocenters. The van der Waals surface area contributed by atoms with Crippen LogP contribution >= 0.6 is 27.3 Å². The summed E-state index contributed by atoms with van der Waals surface area (Å²) < 4.78 is 31.5. The second-order valence-corrected chi connectivity index (χ2v) is 8.30. The van der Waals surface area contributed by atoms with Crippen LogP contribution < -0.4 is 10.0 Å². The van der Waals surface area contributed by atoms with Crippen molar-refractivity contribution in [3.63, 3.8) is 0 Å². The molecule has 0 aliphatic heterocycles. The van der Waals surface area contributed by atoms with Crippen molar-refractivity contribution in [2.45, 2.75) is 17.9 Å². The van der Waals surface area contributed by atoms with E-state index >= 15 is 0 Å². The van der Waals surface area contributed by atoms with Crippen molar-refractivity contribution in [2.24, 2.45) is 0 Å². The number of rotatable bonds is 8. The lowest BCUT2D eigenvalue weighted by atomic mass is 10.4. The first-order chi connectivity index (χ1) is 9.77. The van der Waals surface area contributed by atoms with Crippen LogP contribution in [0.4, 0.5) is 0 Å². The van der Waals surface area contributed by atoms with E-state index in [1.165, 1.54) is 13.2 Å². The third-order valence-electron chi connectivity index (χ3n) is 2.37. The van der Waals surface area contributed by atoms with Crippen molar-refractivity contribution in [2.75, 3.05) is 26.7 Å². The third-order valence-corrected chi connectivity index (χ3v) is 6.06. The highest BCUT2D eigenvalue weighted by Crippen LogP contribution is 2.31. The molecule has 0 amide bonds. The van der Waals surface area contributed by atoms with E-state index in [-0.39, 0.29) is 16.3 Å². The predicted octanol–water partition coefficient (Wildman–Crippen LogP) is 0.546. The predicted molar refractivity (Wildman–Crippen MR) is 83.1 cm³/mol. The Morgan fingerprint density at radius 1 is 1.52 bits per heavy atom. The molecule has 0 saturated heterocycles. The van der Waals surface area contributed by atoms with Crippen molar-refractivity contribution < 1.29 is 23.1 Å². The quantitative estimate of drug-likeness (QED) is 0.434. The Hall–Kier alpha value is -0.520. The number of carbonyl (C=O) groups excluding carboxylic acids is 1. The number of sulfonamides is 1. The highest BCUT2D eigenvalue weighted by molar-refractivity contribution is 9.11. The molecule has 1 rings (SSSR count). The van der Waals surface area contributed by atoms with Crippen LogP contribution in [0.3, 0.4) is 0 Å². The Morgan fingerprint density at radius 3 is 2.76 bits per heavy atom. The van der Waals surface area contributed by atoms with Gasteiger partial charge in [0.25, 0.3) is 0 Å². The molecular formula is C11H17BrN2O5S2. The van der Waals surface area contributed by atoms with Crippen LogP contribution in [-0.4, -0.2) is 52.3 Å². The zero-order valence-corrected chi connectivity index (χ0v) is 14.8. The molecule has 0 aromatic carbocycles. The van der Waals surface area contributed by atoms with Gasteiger partial charge < -0.3 is 15.2 Å². The first-order valence-electron chi connectivity index (χ1n) is 6.04. The summed E-state index contributed by atoms with van der Waals surface area (Å²) in [5.41, 5.74) is 0. The van der Waals surface area contributed by atoms with Crippen molar-refractivity contribution in [1.82, 2.24) is 10.0 Å². The molecule has 10 heteroatoms. The average Bonchev–Trinajstić information content (AvgIpc) is 2.80. The number of esters is 1. The average molecular weight is 401 g/mol. The summed E-state index contributed by atoms with van der Waals surface area (Å²) in [6.45, 7) is 2.57. The standard InChI is InChI=1S/C11H17BrN2O5S2/c1-7(15)6-13-3-4-14-21(17,18)9-5-8(11(16)19-2)20-10(9)12/h5,7,13-15H,3-4,6H2,1-2H3. The van der Waals surface area contributed by atoms with Gasteiger partial charge in [-0.15, -0.1) is 11.3 Å². The highest BCUT2D eigenvalue weighted by atomic mass is 79.9. The zero-order chi connectivity index (χ0) is 16.0. The van der Waals surface area contributed by atoms with Gasteiger partial charge in [0.2, 0.25) is 10.0 Å². The van der Waals surface area contributed by atoms with E-state index in [2.05, 4.69) is 30.7 Å². The molecule has 1 aromatic heterocycles.